The van der Waals surface area contributed by atoms with Crippen molar-refractivity contribution in [3.8, 4) is 0 Å². The number of rotatable bonds is 5. The molecule has 0 radical (unpaired) electrons. The Hall–Kier alpha value is -2.47. The monoisotopic (exact) mass is 383 g/mol. The van der Waals surface area contributed by atoms with Crippen LogP contribution < -0.4 is 10.6 Å². The summed E-state index contributed by atoms with van der Waals surface area (Å²) in [4.78, 5) is 4.48. The van der Waals surface area contributed by atoms with Gasteiger partial charge in [-0.25, -0.2) is 0 Å². The Morgan fingerprint density at radius 1 is 1.08 bits per heavy atom. The summed E-state index contributed by atoms with van der Waals surface area (Å²) < 4.78 is 1.08. The maximum Gasteiger partial charge on any atom is 0.245 e. The molecule has 1 atom stereocenters. The number of hydrogen-bond acceptors (Lipinski definition) is 5. The highest BCUT2D eigenvalue weighted by Gasteiger charge is 2.08. The zero-order valence-electron chi connectivity index (χ0n) is 13.5. The molecule has 0 spiro atoms. The molecule has 122 valence electrons. The fourth-order valence-corrected chi connectivity index (χ4v) is 2.56. The fourth-order valence-electron chi connectivity index (χ4n) is 2.31. The average Bonchev–Trinajstić information content (AvgIpc) is 2.59. The predicted octanol–water partition coefficient (Wildman–Crippen LogP) is 4.86. The van der Waals surface area contributed by atoms with E-state index in [4.69, 9.17) is 0 Å². The number of aryl methyl sites for hydroxylation is 1. The molecule has 24 heavy (non-hydrogen) atoms. The molecule has 0 saturated heterocycles. The van der Waals surface area contributed by atoms with Gasteiger partial charge in [0, 0.05) is 10.2 Å². The van der Waals surface area contributed by atoms with Gasteiger partial charge in [-0.15, -0.1) is 5.10 Å². The third kappa shape index (κ3) is 4.08. The van der Waals surface area contributed by atoms with Crippen LogP contribution in [0.15, 0.2) is 59.2 Å². The molecule has 6 heteroatoms. The van der Waals surface area contributed by atoms with E-state index in [1.54, 1.807) is 6.20 Å². The molecule has 3 aromatic rings. The summed E-state index contributed by atoms with van der Waals surface area (Å²) >= 11 is 3.50. The first-order valence-electron chi connectivity index (χ1n) is 7.66. The molecular weight excluding hydrogens is 366 g/mol. The smallest absolute Gasteiger partial charge is 0.245 e. The van der Waals surface area contributed by atoms with Crippen LogP contribution in [0.1, 0.15) is 24.1 Å². The lowest BCUT2D eigenvalue weighted by Crippen LogP contribution is -2.10. The van der Waals surface area contributed by atoms with Crippen LogP contribution in [-0.4, -0.2) is 15.2 Å². The van der Waals surface area contributed by atoms with Crippen molar-refractivity contribution in [2.75, 3.05) is 10.6 Å². The maximum atomic E-state index is 4.48. The van der Waals surface area contributed by atoms with E-state index in [1.165, 1.54) is 5.56 Å². The standard InChI is InChI=1S/C18H18BrN5/c1-12-10-15(8-9-16(12)19)22-17-11-20-24-18(23-17)21-13(2)14-6-4-3-5-7-14/h3-11,13H,1-2H3,(H2,21,22,23,24). The molecule has 3 rings (SSSR count). The van der Waals surface area contributed by atoms with E-state index < -0.39 is 0 Å². The normalized spacial score (nSPS) is 11.8. The molecule has 0 bridgehead atoms. The predicted molar refractivity (Wildman–Crippen MR) is 100 cm³/mol. The highest BCUT2D eigenvalue weighted by molar-refractivity contribution is 9.10. The lowest BCUT2D eigenvalue weighted by Gasteiger charge is -2.14. The van der Waals surface area contributed by atoms with Crippen LogP contribution in [0.2, 0.25) is 0 Å². The van der Waals surface area contributed by atoms with Crippen molar-refractivity contribution in [1.82, 2.24) is 15.2 Å². The Kier molecular flexibility index (Phi) is 5.05. The van der Waals surface area contributed by atoms with Gasteiger partial charge in [0.15, 0.2) is 5.82 Å². The zero-order chi connectivity index (χ0) is 16.9. The topological polar surface area (TPSA) is 62.7 Å². The Balaban J connectivity index is 1.73. The molecular formula is C18H18BrN5. The number of hydrogen-bond donors (Lipinski definition) is 2. The van der Waals surface area contributed by atoms with Gasteiger partial charge >= 0.3 is 0 Å². The number of benzene rings is 2. The van der Waals surface area contributed by atoms with Gasteiger partial charge in [0.25, 0.3) is 0 Å². The van der Waals surface area contributed by atoms with E-state index in [1.807, 2.05) is 43.3 Å². The summed E-state index contributed by atoms with van der Waals surface area (Å²) in [5.41, 5.74) is 3.28. The van der Waals surface area contributed by atoms with E-state index in [2.05, 4.69) is 60.8 Å². The van der Waals surface area contributed by atoms with Crippen LogP contribution in [0.25, 0.3) is 0 Å². The van der Waals surface area contributed by atoms with Crippen molar-refractivity contribution < 1.29 is 0 Å². The van der Waals surface area contributed by atoms with E-state index in [9.17, 15) is 0 Å². The van der Waals surface area contributed by atoms with Crippen LogP contribution in [0.4, 0.5) is 17.5 Å². The van der Waals surface area contributed by atoms with Crippen LogP contribution in [0, 0.1) is 6.92 Å². The van der Waals surface area contributed by atoms with Gasteiger partial charge in [-0.2, -0.15) is 10.1 Å². The molecule has 0 aliphatic carbocycles. The molecule has 0 aliphatic heterocycles. The molecule has 0 saturated carbocycles. The van der Waals surface area contributed by atoms with Crippen molar-refractivity contribution in [1.29, 1.82) is 0 Å². The summed E-state index contributed by atoms with van der Waals surface area (Å²) in [7, 11) is 0. The molecule has 1 unspecified atom stereocenters. The number of anilines is 3. The first-order chi connectivity index (χ1) is 11.6. The average molecular weight is 384 g/mol. The summed E-state index contributed by atoms with van der Waals surface area (Å²) in [6, 6.07) is 16.3. The van der Waals surface area contributed by atoms with Gasteiger partial charge in [-0.3, -0.25) is 0 Å². The lowest BCUT2D eigenvalue weighted by atomic mass is 10.1. The van der Waals surface area contributed by atoms with Crippen LogP contribution >= 0.6 is 15.9 Å². The number of aromatic nitrogens is 3. The second-order valence-electron chi connectivity index (χ2n) is 5.53. The summed E-state index contributed by atoms with van der Waals surface area (Å²) in [5.74, 6) is 1.14. The van der Waals surface area contributed by atoms with Crippen LogP contribution in [0.5, 0.6) is 0 Å². The Labute approximate surface area is 149 Å². The molecule has 2 N–H and O–H groups in total. The third-order valence-electron chi connectivity index (χ3n) is 3.63. The van der Waals surface area contributed by atoms with Crippen molar-refractivity contribution >= 4 is 33.4 Å². The van der Waals surface area contributed by atoms with E-state index in [-0.39, 0.29) is 6.04 Å². The molecule has 0 amide bonds. The highest BCUT2D eigenvalue weighted by Crippen LogP contribution is 2.23. The zero-order valence-corrected chi connectivity index (χ0v) is 15.1. The Bertz CT molecular complexity index is 823. The second-order valence-corrected chi connectivity index (χ2v) is 6.39. The number of nitrogens with one attached hydrogen (secondary N) is 2. The molecule has 1 heterocycles. The molecule has 0 aliphatic rings. The lowest BCUT2D eigenvalue weighted by molar-refractivity contribution is 0.841. The van der Waals surface area contributed by atoms with Gasteiger partial charge in [0.1, 0.15) is 0 Å². The summed E-state index contributed by atoms with van der Waals surface area (Å²) in [6.45, 7) is 4.11. The molecule has 5 nitrogen and oxygen atoms in total. The molecule has 0 fully saturated rings. The Morgan fingerprint density at radius 2 is 1.88 bits per heavy atom. The van der Waals surface area contributed by atoms with Gasteiger partial charge < -0.3 is 10.6 Å². The highest BCUT2D eigenvalue weighted by atomic mass is 79.9. The van der Waals surface area contributed by atoms with E-state index >= 15 is 0 Å². The van der Waals surface area contributed by atoms with Gasteiger partial charge in [0.2, 0.25) is 5.95 Å². The van der Waals surface area contributed by atoms with Crippen molar-refractivity contribution in [2.45, 2.75) is 19.9 Å². The van der Waals surface area contributed by atoms with Gasteiger partial charge in [0.05, 0.1) is 12.2 Å². The fraction of sp³-hybridized carbons (Fsp3) is 0.167. The van der Waals surface area contributed by atoms with Gasteiger partial charge in [-0.1, -0.05) is 46.3 Å². The summed E-state index contributed by atoms with van der Waals surface area (Å²) in [5, 5.41) is 14.6. The van der Waals surface area contributed by atoms with Crippen LogP contribution in [-0.2, 0) is 0 Å². The first kappa shape index (κ1) is 16.4. The number of nitrogens with zero attached hydrogens (tertiary/aromatic N) is 3. The second kappa shape index (κ2) is 7.40. The largest absolute Gasteiger partial charge is 0.346 e. The minimum absolute atomic E-state index is 0.0955. The minimum Gasteiger partial charge on any atom is -0.346 e. The van der Waals surface area contributed by atoms with Crippen molar-refractivity contribution in [3.05, 3.63) is 70.3 Å². The van der Waals surface area contributed by atoms with E-state index in [0.29, 0.717) is 11.8 Å². The minimum atomic E-state index is 0.0955. The maximum absolute atomic E-state index is 4.48. The first-order valence-corrected chi connectivity index (χ1v) is 8.45. The quantitative estimate of drug-likeness (QED) is 0.658. The Morgan fingerprint density at radius 3 is 2.62 bits per heavy atom. The van der Waals surface area contributed by atoms with Crippen molar-refractivity contribution in [2.24, 2.45) is 0 Å². The van der Waals surface area contributed by atoms with Crippen LogP contribution in [0.3, 0.4) is 0 Å². The number of halogens is 1. The van der Waals surface area contributed by atoms with E-state index in [0.717, 1.165) is 15.7 Å². The van der Waals surface area contributed by atoms with Crippen molar-refractivity contribution in [3.63, 3.8) is 0 Å². The molecule has 2 aromatic carbocycles. The SMILES string of the molecule is Cc1cc(Nc2cnnc(NC(C)c3ccccc3)n2)ccc1Br. The molecule has 1 aromatic heterocycles. The van der Waals surface area contributed by atoms with Gasteiger partial charge in [-0.05, 0) is 43.2 Å². The summed E-state index contributed by atoms with van der Waals surface area (Å²) in [6.07, 6.45) is 1.61. The third-order valence-corrected chi connectivity index (χ3v) is 4.52.